The first-order valence-corrected chi connectivity index (χ1v) is 53.0. The molecule has 33 heteroatoms. The van der Waals surface area contributed by atoms with Gasteiger partial charge in [-0.2, -0.15) is 0 Å². The molecule has 0 bridgehead atoms. The number of amides is 8. The first-order valence-electron chi connectivity index (χ1n) is 53.0. The molecule has 150 heavy (non-hydrogen) atoms. The molecule has 20 rings (SSSR count). The van der Waals surface area contributed by atoms with Crippen LogP contribution in [0.4, 0.5) is 0 Å². The van der Waals surface area contributed by atoms with Crippen molar-refractivity contribution >= 4 is 71.1 Å². The minimum atomic E-state index is -1.10. The molecule has 8 aromatic carbocycles. The van der Waals surface area contributed by atoms with Crippen LogP contribution in [0.1, 0.15) is 365 Å². The minimum absolute atomic E-state index is 0.00255. The average molecular weight is 2050 g/mol. The highest BCUT2D eigenvalue weighted by Gasteiger charge is 2.53. The summed E-state index contributed by atoms with van der Waals surface area (Å²) < 4.78 is 36.2. The summed E-state index contributed by atoms with van der Waals surface area (Å²) in [6.07, 6.45) is 7.77. The maximum Gasteiger partial charge on any atom is 0.251 e. The van der Waals surface area contributed by atoms with Crippen LogP contribution in [0.2, 0.25) is 0 Å². The maximum atomic E-state index is 13.7. The monoisotopic (exact) mass is 2050 g/mol. The van der Waals surface area contributed by atoms with Crippen molar-refractivity contribution < 1.29 is 82.1 Å². The number of benzene rings is 8. The second kappa shape index (κ2) is 41.8. The highest BCUT2D eigenvalue weighted by molar-refractivity contribution is 6.04. The fourth-order valence-electron chi connectivity index (χ4n) is 23.5. The Morgan fingerprint density at radius 2 is 0.807 bits per heavy atom. The lowest BCUT2D eigenvalue weighted by Crippen LogP contribution is -2.55. The standard InChI is InChI=1S/C32H42N4O5.C30H38N4O4.C28H34N4O4.C27H32N4O4/c1-17(2)32(8)16-25(37)36(29(33)35-32)22-15-30(4,5)40-23-12-10-19(14-20(22)23)28(39)34-26-21-13-18(3)9-11-24(21)41-31(6,7)27(26)38;1-6-30(7-2)17-24(35)34(27(31)33-30)22-16-28(3,4)38-23-13-12-18(14-21(22)23)26(36)32-25-20-11-9-8-10-19(20)15-29(25,5)37;1-4-28(5-2)16-25(33)32(27(29)31-28)22-12-13-35-23-11-10-18(15-20(22)23)26(34)30-21-14-17(3)36-24-9-7-6-8-19(21)24;1-3-27(4-2)15-23(33)31(26(28)30-27)20-11-12-35-22-10-9-17(13-19(20)22)25(34)29-24-18-8-6-5-7-16(18)14-21(24)32/h9-14,17,22,26-27,38H,15-16H2,1-8H3,(H2,33,35)(H,34,39);8-14,22,25,37H,6-7,15-17H2,1-5H3,(H2,31,33)(H,32,36);6-11,15,17,21-22H,4-5,12-14,16H2,1-3H3,(H2,29,31)(H,30,34);5-10,13,20-21,24,32H,3-4,11-12,14-15H2,1-2H3,(H2,28,30)(H,29,34)/t22-,26-,27+,32+;22-,25-,29?;17-,21-,22+;20-,21-,24-/m1101/s1. The first-order chi connectivity index (χ1) is 71.1. The van der Waals surface area contributed by atoms with E-state index in [1.807, 2.05) is 201 Å². The molecule has 0 radical (unpaired) electrons. The van der Waals surface area contributed by atoms with Crippen molar-refractivity contribution in [3.63, 3.8) is 0 Å². The molecule has 0 fully saturated rings. The Bertz CT molecular complexity index is 6710. The molecule has 10 heterocycles. The van der Waals surface area contributed by atoms with Gasteiger partial charge in [-0.25, -0.2) is 20.0 Å². The summed E-state index contributed by atoms with van der Waals surface area (Å²) in [7, 11) is 0. The van der Waals surface area contributed by atoms with Crippen LogP contribution in [0.3, 0.4) is 0 Å². The lowest BCUT2D eigenvalue weighted by molar-refractivity contribution is -0.134. The number of hydrogen-bond donors (Lipinski definition) is 11. The third-order valence-electron chi connectivity index (χ3n) is 32.8. The number of guanidine groups is 4. The van der Waals surface area contributed by atoms with Gasteiger partial charge >= 0.3 is 0 Å². The Morgan fingerprint density at radius 1 is 0.420 bits per heavy atom. The number of carbonyl (C=O) groups excluding carboxylic acids is 8. The second-order valence-corrected chi connectivity index (χ2v) is 44.9. The van der Waals surface area contributed by atoms with Crippen LogP contribution in [-0.2, 0) is 32.0 Å². The molecule has 0 saturated heterocycles. The third kappa shape index (κ3) is 21.3. The number of rotatable bonds is 19. The molecule has 796 valence electrons. The number of nitrogens with zero attached hydrogens (tertiary/aromatic N) is 8. The molecular formula is C117H146N16O17. The molecule has 1 unspecified atom stereocenters. The van der Waals surface area contributed by atoms with Gasteiger partial charge < -0.3 is 87.9 Å². The van der Waals surface area contributed by atoms with Crippen molar-refractivity contribution in [3.8, 4) is 34.5 Å². The van der Waals surface area contributed by atoms with Gasteiger partial charge in [0.05, 0.1) is 127 Å². The average Bonchev–Trinajstić information content (AvgIpc) is 1.06. The smallest absolute Gasteiger partial charge is 0.251 e. The largest absolute Gasteiger partial charge is 0.493 e. The summed E-state index contributed by atoms with van der Waals surface area (Å²) in [5.74, 6) is 3.54. The fourth-order valence-corrected chi connectivity index (χ4v) is 23.5. The number of aryl methyl sites for hydroxylation is 1. The van der Waals surface area contributed by atoms with Gasteiger partial charge in [-0.05, 0) is 221 Å². The van der Waals surface area contributed by atoms with Crippen molar-refractivity contribution in [2.75, 3.05) is 13.2 Å². The van der Waals surface area contributed by atoms with E-state index >= 15 is 0 Å². The molecule has 33 nitrogen and oxygen atoms in total. The predicted molar refractivity (Wildman–Crippen MR) is 572 cm³/mol. The van der Waals surface area contributed by atoms with E-state index in [4.69, 9.17) is 71.3 Å². The highest BCUT2D eigenvalue weighted by atomic mass is 16.5. The highest BCUT2D eigenvalue weighted by Crippen LogP contribution is 2.52. The van der Waals surface area contributed by atoms with Crippen LogP contribution in [0, 0.1) is 12.8 Å². The van der Waals surface area contributed by atoms with Crippen molar-refractivity contribution in [3.05, 3.63) is 247 Å². The summed E-state index contributed by atoms with van der Waals surface area (Å²) in [6, 6.07) is 46.8. The number of nitrogens with two attached hydrogens (primary N) is 4. The number of aliphatic hydroxyl groups excluding tert-OH is 2. The predicted octanol–water partition coefficient (Wildman–Crippen LogP) is 16.0. The number of aliphatic imine (C=N–C) groups is 4. The lowest BCUT2D eigenvalue weighted by Gasteiger charge is -2.45. The van der Waals surface area contributed by atoms with Gasteiger partial charge in [-0.1, -0.05) is 140 Å². The molecule has 12 aliphatic rings. The van der Waals surface area contributed by atoms with E-state index < -0.39 is 87.0 Å². The number of carbonyl (C=O) groups is 8. The summed E-state index contributed by atoms with van der Waals surface area (Å²) in [5, 5.41) is 45.1. The molecule has 13 atom stereocenters. The molecule has 10 aliphatic heterocycles. The van der Waals surface area contributed by atoms with Gasteiger partial charge in [0.25, 0.3) is 23.6 Å². The molecular weight excluding hydrogens is 1900 g/mol. The minimum Gasteiger partial charge on any atom is -0.493 e. The van der Waals surface area contributed by atoms with E-state index in [2.05, 4.69) is 21.3 Å². The molecule has 8 amide bonds. The summed E-state index contributed by atoms with van der Waals surface area (Å²) in [4.78, 5) is 133. The Hall–Kier alpha value is -13.9. The molecule has 0 spiro atoms. The fraction of sp³-hybridized carbons (Fsp3) is 0.487. The number of ether oxygens (including phenoxy) is 6. The van der Waals surface area contributed by atoms with Crippen molar-refractivity contribution in [1.29, 1.82) is 0 Å². The van der Waals surface area contributed by atoms with E-state index in [-0.39, 0.29) is 108 Å². The zero-order valence-electron chi connectivity index (χ0n) is 89.4. The van der Waals surface area contributed by atoms with Gasteiger partial charge in [-0.15, -0.1) is 0 Å². The Labute approximate surface area is 877 Å². The summed E-state index contributed by atoms with van der Waals surface area (Å²) in [6.45, 7) is 36.3. The maximum absolute atomic E-state index is 13.7. The number of para-hydroxylation sites is 1. The normalized spacial score (nSPS) is 26.2. The topological polar surface area (TPSA) is 467 Å². The van der Waals surface area contributed by atoms with Crippen LogP contribution in [0.15, 0.2) is 184 Å². The summed E-state index contributed by atoms with van der Waals surface area (Å²) >= 11 is 0. The zero-order chi connectivity index (χ0) is 108. The first kappa shape index (κ1) is 107. The zero-order valence-corrected chi connectivity index (χ0v) is 89.4. The summed E-state index contributed by atoms with van der Waals surface area (Å²) in [5.41, 5.74) is 31.9. The number of fused-ring (bicyclic) bond motifs is 8. The van der Waals surface area contributed by atoms with Gasteiger partial charge in [0, 0.05) is 101 Å². The van der Waals surface area contributed by atoms with Crippen molar-refractivity contribution in [1.82, 2.24) is 40.9 Å². The van der Waals surface area contributed by atoms with E-state index in [0.29, 0.717) is 134 Å². The second-order valence-electron chi connectivity index (χ2n) is 44.9. The molecule has 8 aromatic rings. The Balaban J connectivity index is 0.000000136. The van der Waals surface area contributed by atoms with E-state index in [1.165, 1.54) is 0 Å². The number of nitrogens with one attached hydrogen (secondary N) is 4. The molecule has 0 aromatic heterocycles. The molecule has 2 aliphatic carbocycles. The van der Waals surface area contributed by atoms with Gasteiger partial charge in [0.2, 0.25) is 23.6 Å². The quantitative estimate of drug-likeness (QED) is 0.0358. The van der Waals surface area contributed by atoms with Gasteiger partial charge in [0.1, 0.15) is 57.4 Å². The van der Waals surface area contributed by atoms with E-state index in [9.17, 15) is 53.7 Å². The van der Waals surface area contributed by atoms with E-state index in [1.54, 1.807) is 107 Å². The lowest BCUT2D eigenvalue weighted by atomic mass is 9.82. The van der Waals surface area contributed by atoms with Crippen LogP contribution in [-0.4, -0.2) is 182 Å². The van der Waals surface area contributed by atoms with Gasteiger partial charge in [0.15, 0.2) is 23.8 Å². The number of hydrogen-bond acceptors (Lipinski definition) is 25. The van der Waals surface area contributed by atoms with Crippen LogP contribution in [0.5, 0.6) is 34.5 Å². The molecule has 0 saturated carbocycles. The van der Waals surface area contributed by atoms with Crippen molar-refractivity contribution in [2.24, 2.45) is 48.8 Å². The van der Waals surface area contributed by atoms with Gasteiger partial charge in [-0.3, -0.25) is 58.0 Å². The van der Waals surface area contributed by atoms with Crippen molar-refractivity contribution in [2.45, 2.75) is 345 Å². The van der Waals surface area contributed by atoms with Crippen LogP contribution >= 0.6 is 0 Å². The Morgan fingerprint density at radius 3 is 1.27 bits per heavy atom. The third-order valence-corrected chi connectivity index (χ3v) is 32.8. The van der Waals surface area contributed by atoms with Crippen LogP contribution in [0.25, 0.3) is 0 Å². The van der Waals surface area contributed by atoms with Crippen LogP contribution < -0.4 is 72.6 Å². The van der Waals surface area contributed by atoms with E-state index in [0.717, 1.165) is 99.9 Å². The Kier molecular flexibility index (Phi) is 29.9. The molecule has 15 N–H and O–H groups in total. The SMILES string of the molecule is CCC1(CC)CC(=O)N([C@@H]2CC(C)(C)Oc3ccc(C(=O)N[C@@H]4c5ccccc5CC4(C)O)cc32)C(N)=N1.CCC1(CC)CC(=O)N([C@@H]2CCOc3ccc(C(=O)N[C@@H]4c5ccccc5C[C@H]4O)cc32)C(N)=N1.CCC1(CC)CC(=O)N([C@@H]2CCOc3ccc(C(=O)N[C@H]4C[C@H](C)Oc5ccccc54)cc32)C(N)=N1.Cc1ccc2c(c1)[C@@H](NC(=O)c1ccc3c(c1)[C@H](N1C(=O)C[C@@](C)(C(C)C)N=C1N)CC(C)(C)O3)[C@H](O)C(C)(C)O2. The number of aliphatic hydroxyl groups is 3.